The fraction of sp³-hybridized carbons (Fsp3) is 0.500. The SMILES string of the molecule is CCN(C(=O)CNc1ccccc1C(F)(F)F)C1CC1. The Morgan fingerprint density at radius 1 is 1.35 bits per heavy atom. The van der Waals surface area contributed by atoms with E-state index in [2.05, 4.69) is 5.32 Å². The van der Waals surface area contributed by atoms with Crippen molar-refractivity contribution in [1.82, 2.24) is 4.90 Å². The first-order valence-electron chi connectivity index (χ1n) is 6.63. The first-order chi connectivity index (χ1) is 9.43. The molecule has 0 atom stereocenters. The van der Waals surface area contributed by atoms with E-state index < -0.39 is 11.7 Å². The number of hydrogen-bond acceptors (Lipinski definition) is 2. The van der Waals surface area contributed by atoms with Gasteiger partial charge in [0, 0.05) is 18.3 Å². The van der Waals surface area contributed by atoms with Gasteiger partial charge in [-0.3, -0.25) is 4.79 Å². The third-order valence-corrected chi connectivity index (χ3v) is 3.31. The molecule has 0 radical (unpaired) electrons. The third kappa shape index (κ3) is 3.43. The van der Waals surface area contributed by atoms with Gasteiger partial charge in [-0.05, 0) is 31.9 Å². The van der Waals surface area contributed by atoms with E-state index in [0.29, 0.717) is 6.54 Å². The Bertz CT molecular complexity index is 484. The van der Waals surface area contributed by atoms with Crippen LogP contribution in [0.4, 0.5) is 18.9 Å². The molecule has 1 aliphatic rings. The Balaban J connectivity index is 2.02. The molecule has 20 heavy (non-hydrogen) atoms. The van der Waals surface area contributed by atoms with Crippen molar-refractivity contribution in [2.45, 2.75) is 32.0 Å². The van der Waals surface area contributed by atoms with Crippen LogP contribution in [0.15, 0.2) is 24.3 Å². The molecule has 0 spiro atoms. The molecular weight excluding hydrogens is 269 g/mol. The Morgan fingerprint density at radius 3 is 2.55 bits per heavy atom. The number of rotatable bonds is 5. The minimum Gasteiger partial charge on any atom is -0.376 e. The molecule has 0 aromatic heterocycles. The van der Waals surface area contributed by atoms with Crippen LogP contribution in [-0.4, -0.2) is 29.9 Å². The highest BCUT2D eigenvalue weighted by atomic mass is 19.4. The lowest BCUT2D eigenvalue weighted by Crippen LogP contribution is -2.37. The predicted molar refractivity (Wildman–Crippen MR) is 70.3 cm³/mol. The zero-order valence-electron chi connectivity index (χ0n) is 11.2. The Morgan fingerprint density at radius 2 is 2.00 bits per heavy atom. The molecule has 1 amide bonds. The zero-order chi connectivity index (χ0) is 14.8. The summed E-state index contributed by atoms with van der Waals surface area (Å²) in [5.74, 6) is -0.160. The number of benzene rings is 1. The first-order valence-corrected chi connectivity index (χ1v) is 6.63. The van der Waals surface area contributed by atoms with Gasteiger partial charge in [0.15, 0.2) is 0 Å². The van der Waals surface area contributed by atoms with Crippen molar-refractivity contribution in [2.24, 2.45) is 0 Å². The van der Waals surface area contributed by atoms with Crippen LogP contribution in [0.25, 0.3) is 0 Å². The smallest absolute Gasteiger partial charge is 0.376 e. The molecule has 0 saturated heterocycles. The summed E-state index contributed by atoms with van der Waals surface area (Å²) in [6.45, 7) is 2.35. The standard InChI is InChI=1S/C14H17F3N2O/c1-2-19(10-7-8-10)13(20)9-18-12-6-4-3-5-11(12)14(15,16)17/h3-6,10,18H,2,7-9H2,1H3. The van der Waals surface area contributed by atoms with Gasteiger partial charge < -0.3 is 10.2 Å². The van der Waals surface area contributed by atoms with Crippen LogP contribution in [0.2, 0.25) is 0 Å². The van der Waals surface area contributed by atoms with Crippen molar-refractivity contribution < 1.29 is 18.0 Å². The normalized spacial score (nSPS) is 15.0. The molecule has 6 heteroatoms. The predicted octanol–water partition coefficient (Wildman–Crippen LogP) is 3.13. The van der Waals surface area contributed by atoms with Gasteiger partial charge in [-0.1, -0.05) is 12.1 Å². The van der Waals surface area contributed by atoms with Crippen LogP contribution in [0.5, 0.6) is 0 Å². The van der Waals surface area contributed by atoms with Crippen LogP contribution >= 0.6 is 0 Å². The van der Waals surface area contributed by atoms with Gasteiger partial charge in [0.2, 0.25) is 5.91 Å². The maximum atomic E-state index is 12.8. The number of nitrogens with zero attached hydrogens (tertiary/aromatic N) is 1. The van der Waals surface area contributed by atoms with Crippen molar-refractivity contribution in [3.8, 4) is 0 Å². The maximum absolute atomic E-state index is 12.8. The molecule has 2 rings (SSSR count). The zero-order valence-corrected chi connectivity index (χ0v) is 11.2. The van der Waals surface area contributed by atoms with Crippen molar-refractivity contribution in [2.75, 3.05) is 18.4 Å². The van der Waals surface area contributed by atoms with Gasteiger partial charge in [0.1, 0.15) is 0 Å². The van der Waals surface area contributed by atoms with E-state index in [1.165, 1.54) is 18.2 Å². The number of amides is 1. The van der Waals surface area contributed by atoms with Crippen LogP contribution in [0.1, 0.15) is 25.3 Å². The molecule has 1 aliphatic carbocycles. The van der Waals surface area contributed by atoms with E-state index in [4.69, 9.17) is 0 Å². The van der Waals surface area contributed by atoms with Crippen molar-refractivity contribution in [3.05, 3.63) is 29.8 Å². The average molecular weight is 286 g/mol. The van der Waals surface area contributed by atoms with E-state index in [-0.39, 0.29) is 24.2 Å². The molecule has 1 N–H and O–H groups in total. The summed E-state index contributed by atoms with van der Waals surface area (Å²) >= 11 is 0. The van der Waals surface area contributed by atoms with Crippen LogP contribution < -0.4 is 5.32 Å². The maximum Gasteiger partial charge on any atom is 0.418 e. The van der Waals surface area contributed by atoms with Crippen LogP contribution in [0.3, 0.4) is 0 Å². The van der Waals surface area contributed by atoms with Gasteiger partial charge in [-0.2, -0.15) is 13.2 Å². The second-order valence-electron chi connectivity index (χ2n) is 4.81. The Kier molecular flexibility index (Phi) is 4.20. The number of carbonyl (C=O) groups is 1. The van der Waals surface area contributed by atoms with Crippen molar-refractivity contribution in [3.63, 3.8) is 0 Å². The molecule has 1 fully saturated rings. The summed E-state index contributed by atoms with van der Waals surface area (Å²) in [6.07, 6.45) is -2.45. The molecule has 0 unspecified atom stereocenters. The fourth-order valence-electron chi connectivity index (χ4n) is 2.18. The average Bonchev–Trinajstić information content (AvgIpc) is 3.21. The van der Waals surface area contributed by atoms with E-state index in [0.717, 1.165) is 18.9 Å². The number of para-hydroxylation sites is 1. The molecule has 110 valence electrons. The fourth-order valence-corrected chi connectivity index (χ4v) is 2.18. The summed E-state index contributed by atoms with van der Waals surface area (Å²) < 4.78 is 38.4. The Hall–Kier alpha value is -1.72. The summed E-state index contributed by atoms with van der Waals surface area (Å²) in [7, 11) is 0. The van der Waals surface area contributed by atoms with Crippen molar-refractivity contribution >= 4 is 11.6 Å². The largest absolute Gasteiger partial charge is 0.418 e. The third-order valence-electron chi connectivity index (χ3n) is 3.31. The number of hydrogen-bond donors (Lipinski definition) is 1. The van der Waals surface area contributed by atoms with E-state index in [9.17, 15) is 18.0 Å². The molecule has 3 nitrogen and oxygen atoms in total. The summed E-state index contributed by atoms with van der Waals surface area (Å²) in [4.78, 5) is 13.7. The highest BCUT2D eigenvalue weighted by Gasteiger charge is 2.34. The highest BCUT2D eigenvalue weighted by Crippen LogP contribution is 2.34. The quantitative estimate of drug-likeness (QED) is 0.902. The molecule has 0 heterocycles. The van der Waals surface area contributed by atoms with Gasteiger partial charge in [-0.25, -0.2) is 0 Å². The molecule has 1 aromatic carbocycles. The number of carbonyl (C=O) groups excluding carboxylic acids is 1. The molecule has 0 bridgehead atoms. The monoisotopic (exact) mass is 286 g/mol. The van der Waals surface area contributed by atoms with E-state index in [1.54, 1.807) is 4.90 Å². The number of likely N-dealkylation sites (N-methyl/N-ethyl adjacent to an activating group) is 1. The second-order valence-corrected chi connectivity index (χ2v) is 4.81. The van der Waals surface area contributed by atoms with Crippen LogP contribution in [-0.2, 0) is 11.0 Å². The van der Waals surface area contributed by atoms with Crippen LogP contribution in [0, 0.1) is 0 Å². The van der Waals surface area contributed by atoms with Gasteiger partial charge in [0.25, 0.3) is 0 Å². The molecule has 1 aromatic rings. The first kappa shape index (κ1) is 14.7. The number of anilines is 1. The minimum absolute atomic E-state index is 0.0554. The van der Waals surface area contributed by atoms with E-state index in [1.807, 2.05) is 6.92 Å². The lowest BCUT2D eigenvalue weighted by molar-refractivity contribution is -0.137. The summed E-state index contributed by atoms with van der Waals surface area (Å²) in [5.41, 5.74) is -0.803. The summed E-state index contributed by atoms with van der Waals surface area (Å²) in [6, 6.07) is 5.46. The number of halogens is 3. The molecular formula is C14H17F3N2O. The topological polar surface area (TPSA) is 32.3 Å². The van der Waals surface area contributed by atoms with Gasteiger partial charge >= 0.3 is 6.18 Å². The minimum atomic E-state index is -4.42. The van der Waals surface area contributed by atoms with Gasteiger partial charge in [-0.15, -0.1) is 0 Å². The van der Waals surface area contributed by atoms with Crippen molar-refractivity contribution in [1.29, 1.82) is 0 Å². The number of alkyl halides is 3. The highest BCUT2D eigenvalue weighted by molar-refractivity contribution is 5.81. The van der Waals surface area contributed by atoms with Gasteiger partial charge in [0.05, 0.1) is 12.1 Å². The lowest BCUT2D eigenvalue weighted by Gasteiger charge is -2.21. The summed E-state index contributed by atoms with van der Waals surface area (Å²) in [5, 5.41) is 2.61. The molecule has 1 saturated carbocycles. The number of nitrogens with one attached hydrogen (secondary N) is 1. The molecule has 0 aliphatic heterocycles. The second kappa shape index (κ2) is 5.73. The lowest BCUT2D eigenvalue weighted by atomic mass is 10.1. The Labute approximate surface area is 115 Å². The van der Waals surface area contributed by atoms with E-state index >= 15 is 0 Å².